The van der Waals surface area contributed by atoms with Gasteiger partial charge in [-0.05, 0) is 47.7 Å². The molecule has 0 unspecified atom stereocenters. The molecule has 4 nitrogen and oxygen atoms in total. The molecule has 0 saturated heterocycles. The van der Waals surface area contributed by atoms with Gasteiger partial charge < -0.3 is 4.90 Å². The fourth-order valence-corrected chi connectivity index (χ4v) is 5.28. The van der Waals surface area contributed by atoms with Crippen molar-refractivity contribution in [2.75, 3.05) is 6.54 Å². The molecule has 6 heteroatoms. The van der Waals surface area contributed by atoms with Crippen LogP contribution >= 0.6 is 11.3 Å². The van der Waals surface area contributed by atoms with Crippen LogP contribution in [0.2, 0.25) is 0 Å². The van der Waals surface area contributed by atoms with E-state index in [1.807, 2.05) is 28.5 Å². The lowest BCUT2D eigenvalue weighted by molar-refractivity contribution is 0.0729. The molecule has 35 heavy (non-hydrogen) atoms. The van der Waals surface area contributed by atoms with Crippen LogP contribution in [0.5, 0.6) is 0 Å². The highest BCUT2D eigenvalue weighted by atomic mass is 32.1. The molecule has 2 heterocycles. The third-order valence-electron chi connectivity index (χ3n) is 6.39. The van der Waals surface area contributed by atoms with E-state index in [9.17, 15) is 9.18 Å². The second-order valence-corrected chi connectivity index (χ2v) is 10.1. The topological polar surface area (TPSA) is 36.4 Å². The average Bonchev–Trinajstić information content (AvgIpc) is 3.34. The Morgan fingerprint density at radius 2 is 1.60 bits per heavy atom. The Hall–Kier alpha value is -3.35. The Kier molecular flexibility index (Phi) is 7.02. The maximum atomic E-state index is 13.4. The number of thiazole rings is 1. The van der Waals surface area contributed by atoms with E-state index in [0.29, 0.717) is 31.9 Å². The SMILES string of the molecule is Cc1ccc(CN(Cc2ccc(F)cc2)Cc2nc(C(=O)N3CCc4ccccc4C3)cs2)cc1. The molecule has 5 rings (SSSR count). The van der Waals surface area contributed by atoms with E-state index in [1.165, 1.54) is 45.7 Å². The summed E-state index contributed by atoms with van der Waals surface area (Å²) in [5, 5.41) is 2.78. The number of amides is 1. The highest BCUT2D eigenvalue weighted by Gasteiger charge is 2.23. The Morgan fingerprint density at radius 3 is 2.31 bits per heavy atom. The summed E-state index contributed by atoms with van der Waals surface area (Å²) in [6.45, 7) is 5.45. The average molecular weight is 486 g/mol. The number of aryl methyl sites for hydroxylation is 1. The van der Waals surface area contributed by atoms with Gasteiger partial charge in [-0.1, -0.05) is 66.2 Å². The summed E-state index contributed by atoms with van der Waals surface area (Å²) in [6.07, 6.45) is 0.876. The van der Waals surface area contributed by atoms with Gasteiger partial charge in [-0.25, -0.2) is 9.37 Å². The molecule has 0 fully saturated rings. The quantitative estimate of drug-likeness (QED) is 0.323. The summed E-state index contributed by atoms with van der Waals surface area (Å²) in [6, 6.07) is 23.5. The molecule has 4 aromatic rings. The zero-order valence-corrected chi connectivity index (χ0v) is 20.6. The lowest BCUT2D eigenvalue weighted by atomic mass is 10.00. The predicted octanol–water partition coefficient (Wildman–Crippen LogP) is 5.99. The van der Waals surface area contributed by atoms with Crippen LogP contribution in [0, 0.1) is 12.7 Å². The van der Waals surface area contributed by atoms with Crippen LogP contribution in [-0.2, 0) is 32.6 Å². The molecule has 1 amide bonds. The number of benzene rings is 3. The van der Waals surface area contributed by atoms with E-state index in [4.69, 9.17) is 4.98 Å². The maximum Gasteiger partial charge on any atom is 0.273 e. The van der Waals surface area contributed by atoms with Crippen LogP contribution in [0.4, 0.5) is 4.39 Å². The summed E-state index contributed by atoms with van der Waals surface area (Å²) < 4.78 is 13.4. The Morgan fingerprint density at radius 1 is 0.943 bits per heavy atom. The molecule has 1 aromatic heterocycles. The first-order valence-electron chi connectivity index (χ1n) is 11.9. The Balaban J connectivity index is 1.30. The summed E-state index contributed by atoms with van der Waals surface area (Å²) >= 11 is 1.52. The minimum Gasteiger partial charge on any atom is -0.333 e. The van der Waals surface area contributed by atoms with Crippen molar-refractivity contribution >= 4 is 17.2 Å². The third-order valence-corrected chi connectivity index (χ3v) is 7.23. The standard InChI is InChI=1S/C29H28FN3OS/c1-21-6-8-22(9-7-21)16-32(17-23-10-12-26(30)13-11-23)19-28-31-27(20-35-28)29(34)33-15-14-24-4-2-3-5-25(24)18-33/h2-13,20H,14-19H2,1H3. The summed E-state index contributed by atoms with van der Waals surface area (Å²) in [7, 11) is 0. The lowest BCUT2D eigenvalue weighted by Gasteiger charge is -2.28. The lowest BCUT2D eigenvalue weighted by Crippen LogP contribution is -2.36. The van der Waals surface area contributed by atoms with Gasteiger partial charge in [-0.2, -0.15) is 0 Å². The van der Waals surface area contributed by atoms with Gasteiger partial charge in [0.15, 0.2) is 0 Å². The second kappa shape index (κ2) is 10.5. The van der Waals surface area contributed by atoms with Crippen LogP contribution in [0.1, 0.15) is 43.3 Å². The minimum atomic E-state index is -0.234. The van der Waals surface area contributed by atoms with Gasteiger partial charge in [0.25, 0.3) is 5.91 Å². The molecular formula is C29H28FN3OS. The van der Waals surface area contributed by atoms with Gasteiger partial charge in [0.1, 0.15) is 16.5 Å². The summed E-state index contributed by atoms with van der Waals surface area (Å²) in [5.74, 6) is -0.243. The summed E-state index contributed by atoms with van der Waals surface area (Å²) in [5.41, 5.74) is 6.52. The normalized spacial score (nSPS) is 13.2. The van der Waals surface area contributed by atoms with Crippen molar-refractivity contribution < 1.29 is 9.18 Å². The van der Waals surface area contributed by atoms with E-state index < -0.39 is 0 Å². The van der Waals surface area contributed by atoms with Gasteiger partial charge in [-0.3, -0.25) is 9.69 Å². The van der Waals surface area contributed by atoms with Gasteiger partial charge in [0.05, 0.1) is 6.54 Å². The van der Waals surface area contributed by atoms with Crippen molar-refractivity contribution in [1.82, 2.24) is 14.8 Å². The molecule has 0 bridgehead atoms. The zero-order valence-electron chi connectivity index (χ0n) is 19.8. The van der Waals surface area contributed by atoms with Crippen molar-refractivity contribution in [3.8, 4) is 0 Å². The van der Waals surface area contributed by atoms with Crippen molar-refractivity contribution in [3.63, 3.8) is 0 Å². The zero-order chi connectivity index (χ0) is 24.2. The van der Waals surface area contributed by atoms with Gasteiger partial charge >= 0.3 is 0 Å². The second-order valence-electron chi connectivity index (χ2n) is 9.13. The smallest absolute Gasteiger partial charge is 0.273 e. The number of nitrogens with zero attached hydrogens (tertiary/aromatic N) is 3. The first-order valence-corrected chi connectivity index (χ1v) is 12.7. The van der Waals surface area contributed by atoms with E-state index >= 15 is 0 Å². The number of hydrogen-bond acceptors (Lipinski definition) is 4. The van der Waals surface area contributed by atoms with Crippen LogP contribution < -0.4 is 0 Å². The van der Waals surface area contributed by atoms with Crippen LogP contribution in [0.15, 0.2) is 78.2 Å². The van der Waals surface area contributed by atoms with Gasteiger partial charge in [-0.15, -0.1) is 11.3 Å². The molecule has 0 aliphatic carbocycles. The first-order chi connectivity index (χ1) is 17.0. The van der Waals surface area contributed by atoms with E-state index in [1.54, 1.807) is 0 Å². The molecule has 1 aliphatic heterocycles. The summed E-state index contributed by atoms with van der Waals surface area (Å²) in [4.78, 5) is 22.1. The van der Waals surface area contributed by atoms with Crippen molar-refractivity contribution in [1.29, 1.82) is 0 Å². The Bertz CT molecular complexity index is 1250. The van der Waals surface area contributed by atoms with Crippen molar-refractivity contribution in [3.05, 3.63) is 123 Å². The highest BCUT2D eigenvalue weighted by Crippen LogP contribution is 2.22. The molecule has 3 aromatic carbocycles. The number of fused-ring (bicyclic) bond motifs is 1. The van der Waals surface area contributed by atoms with E-state index in [2.05, 4.69) is 54.3 Å². The molecule has 0 spiro atoms. The molecule has 1 aliphatic rings. The van der Waals surface area contributed by atoms with Crippen molar-refractivity contribution in [2.24, 2.45) is 0 Å². The third kappa shape index (κ3) is 5.84. The predicted molar refractivity (Wildman–Crippen MR) is 138 cm³/mol. The number of aromatic nitrogens is 1. The molecule has 0 saturated carbocycles. The molecule has 178 valence electrons. The maximum absolute atomic E-state index is 13.4. The van der Waals surface area contributed by atoms with Crippen LogP contribution in [0.25, 0.3) is 0 Å². The van der Waals surface area contributed by atoms with E-state index in [-0.39, 0.29) is 11.7 Å². The van der Waals surface area contributed by atoms with Gasteiger partial charge in [0.2, 0.25) is 0 Å². The first kappa shape index (κ1) is 23.4. The fourth-order valence-electron chi connectivity index (χ4n) is 4.47. The number of hydrogen-bond donors (Lipinski definition) is 0. The molecule has 0 N–H and O–H groups in total. The minimum absolute atomic E-state index is 0.00868. The van der Waals surface area contributed by atoms with Crippen LogP contribution in [0.3, 0.4) is 0 Å². The van der Waals surface area contributed by atoms with Gasteiger partial charge in [0, 0.05) is 31.6 Å². The number of halogens is 1. The Labute approximate surface area is 209 Å². The van der Waals surface area contributed by atoms with Crippen molar-refractivity contribution in [2.45, 2.75) is 39.5 Å². The highest BCUT2D eigenvalue weighted by molar-refractivity contribution is 7.09. The number of carbonyl (C=O) groups excluding carboxylic acids is 1. The number of carbonyl (C=O) groups is 1. The van der Waals surface area contributed by atoms with E-state index in [0.717, 1.165) is 23.5 Å². The molecule has 0 atom stereocenters. The fraction of sp³-hybridized carbons (Fsp3) is 0.241. The molecule has 0 radical (unpaired) electrons. The molecular weight excluding hydrogens is 457 g/mol. The largest absolute Gasteiger partial charge is 0.333 e. The number of rotatable bonds is 7. The van der Waals surface area contributed by atoms with Crippen LogP contribution in [-0.4, -0.2) is 27.2 Å². The monoisotopic (exact) mass is 485 g/mol.